The van der Waals surface area contributed by atoms with Crippen LogP contribution in [-0.4, -0.2) is 11.0 Å². The summed E-state index contributed by atoms with van der Waals surface area (Å²) in [5, 5.41) is 3.44. The predicted molar refractivity (Wildman–Crippen MR) is 73.0 cm³/mol. The number of hydrogen-bond donors (Lipinski definition) is 1. The van der Waals surface area contributed by atoms with Gasteiger partial charge < -0.3 is 5.32 Å². The molecule has 0 aromatic carbocycles. The number of aromatic nitrogens is 1. The van der Waals surface area contributed by atoms with Gasteiger partial charge in [0.15, 0.2) is 0 Å². The van der Waals surface area contributed by atoms with E-state index in [0.29, 0.717) is 6.04 Å². The molecule has 0 saturated carbocycles. The maximum Gasteiger partial charge on any atom is 0.129 e. The second-order valence-electron chi connectivity index (χ2n) is 3.30. The van der Waals surface area contributed by atoms with Gasteiger partial charge >= 0.3 is 0 Å². The van der Waals surface area contributed by atoms with Crippen molar-refractivity contribution in [2.75, 3.05) is 5.32 Å². The van der Waals surface area contributed by atoms with Crippen molar-refractivity contribution in [1.82, 2.24) is 4.98 Å². The molecular formula is C14H26N2. The molecule has 92 valence electrons. The minimum absolute atomic E-state index is 0.632. The Balaban J connectivity index is 0.000000509. The van der Waals surface area contributed by atoms with E-state index in [1.807, 2.05) is 40.0 Å². The fraction of sp³-hybridized carbons (Fsp3) is 0.643. The second-order valence-corrected chi connectivity index (χ2v) is 3.30. The molecule has 0 spiro atoms. The van der Waals surface area contributed by atoms with Crippen molar-refractivity contribution in [3.05, 3.63) is 23.9 Å². The standard InChI is InChI=1S/C10H14N2.2C2H6/c1-2-9-6-5-8-4-3-7-11-10(8)12-9;2*1-2/h3-4,7,9H,2,5-6H2,1H3,(H,11,12);2*1-2H3. The zero-order valence-electron chi connectivity index (χ0n) is 11.4. The van der Waals surface area contributed by atoms with Crippen LogP contribution < -0.4 is 5.32 Å². The molecule has 1 aliphatic heterocycles. The van der Waals surface area contributed by atoms with Crippen molar-refractivity contribution < 1.29 is 0 Å². The van der Waals surface area contributed by atoms with E-state index < -0.39 is 0 Å². The van der Waals surface area contributed by atoms with Crippen LogP contribution in [0.4, 0.5) is 5.82 Å². The molecule has 0 amide bonds. The van der Waals surface area contributed by atoms with Gasteiger partial charge in [-0.15, -0.1) is 0 Å². The lowest BCUT2D eigenvalue weighted by molar-refractivity contribution is 0.609. The first-order valence-corrected chi connectivity index (χ1v) is 6.60. The minimum Gasteiger partial charge on any atom is -0.367 e. The first-order chi connectivity index (χ1) is 7.90. The molecule has 1 atom stereocenters. The van der Waals surface area contributed by atoms with E-state index in [-0.39, 0.29) is 0 Å². The van der Waals surface area contributed by atoms with Gasteiger partial charge in [0.2, 0.25) is 0 Å². The zero-order chi connectivity index (χ0) is 12.4. The Bertz CT molecular complexity index is 271. The van der Waals surface area contributed by atoms with Crippen LogP contribution in [0, 0.1) is 0 Å². The second kappa shape index (κ2) is 9.20. The Morgan fingerprint density at radius 2 is 2.00 bits per heavy atom. The molecule has 1 aromatic rings. The molecule has 0 bridgehead atoms. The van der Waals surface area contributed by atoms with Gasteiger partial charge in [0, 0.05) is 12.2 Å². The highest BCUT2D eigenvalue weighted by Gasteiger charge is 2.15. The number of rotatable bonds is 1. The average Bonchev–Trinajstić information content (AvgIpc) is 2.42. The summed E-state index contributed by atoms with van der Waals surface area (Å²) in [6.45, 7) is 10.2. The van der Waals surface area contributed by atoms with Crippen LogP contribution >= 0.6 is 0 Å². The van der Waals surface area contributed by atoms with Crippen LogP contribution in [0.3, 0.4) is 0 Å². The number of pyridine rings is 1. The molecule has 0 radical (unpaired) electrons. The van der Waals surface area contributed by atoms with Crippen molar-refractivity contribution in [3.63, 3.8) is 0 Å². The van der Waals surface area contributed by atoms with E-state index in [1.54, 1.807) is 0 Å². The molecule has 0 fully saturated rings. The van der Waals surface area contributed by atoms with E-state index >= 15 is 0 Å². The summed E-state index contributed by atoms with van der Waals surface area (Å²) in [4.78, 5) is 4.31. The van der Waals surface area contributed by atoms with Crippen molar-refractivity contribution in [3.8, 4) is 0 Å². The van der Waals surface area contributed by atoms with Gasteiger partial charge in [0.25, 0.3) is 0 Å². The lowest BCUT2D eigenvalue weighted by Crippen LogP contribution is -2.25. The number of anilines is 1. The molecule has 2 nitrogen and oxygen atoms in total. The third kappa shape index (κ3) is 4.21. The van der Waals surface area contributed by atoms with Crippen LogP contribution in [-0.2, 0) is 6.42 Å². The molecule has 16 heavy (non-hydrogen) atoms. The van der Waals surface area contributed by atoms with Crippen molar-refractivity contribution >= 4 is 5.82 Å². The van der Waals surface area contributed by atoms with Crippen molar-refractivity contribution in [2.45, 2.75) is 59.9 Å². The summed E-state index contributed by atoms with van der Waals surface area (Å²) in [6, 6.07) is 4.79. The number of nitrogens with zero attached hydrogens (tertiary/aromatic N) is 1. The van der Waals surface area contributed by atoms with Crippen LogP contribution in [0.1, 0.15) is 53.0 Å². The molecule has 1 aromatic heterocycles. The van der Waals surface area contributed by atoms with Crippen LogP contribution in [0.25, 0.3) is 0 Å². The summed E-state index contributed by atoms with van der Waals surface area (Å²) in [5.41, 5.74) is 1.36. The normalized spacial score (nSPS) is 16.7. The maximum absolute atomic E-state index is 4.31. The smallest absolute Gasteiger partial charge is 0.129 e. The quantitative estimate of drug-likeness (QED) is 0.767. The molecule has 1 aliphatic rings. The SMILES string of the molecule is CC.CC.CCC1CCc2cccnc2N1. The van der Waals surface area contributed by atoms with Gasteiger partial charge in [-0.2, -0.15) is 0 Å². The van der Waals surface area contributed by atoms with Gasteiger partial charge in [-0.05, 0) is 30.9 Å². The van der Waals surface area contributed by atoms with E-state index in [1.165, 1.54) is 24.8 Å². The summed E-state index contributed by atoms with van der Waals surface area (Å²) in [6.07, 6.45) is 5.46. The zero-order valence-corrected chi connectivity index (χ0v) is 11.4. The topological polar surface area (TPSA) is 24.9 Å². The summed E-state index contributed by atoms with van der Waals surface area (Å²) in [7, 11) is 0. The lowest BCUT2D eigenvalue weighted by Gasteiger charge is -2.24. The maximum atomic E-state index is 4.31. The molecular weight excluding hydrogens is 196 g/mol. The van der Waals surface area contributed by atoms with Gasteiger partial charge in [0.05, 0.1) is 0 Å². The highest BCUT2D eigenvalue weighted by Crippen LogP contribution is 2.22. The van der Waals surface area contributed by atoms with Gasteiger partial charge in [-0.25, -0.2) is 4.98 Å². The Hall–Kier alpha value is -1.05. The highest BCUT2D eigenvalue weighted by molar-refractivity contribution is 5.46. The third-order valence-corrected chi connectivity index (χ3v) is 2.49. The first kappa shape index (κ1) is 14.9. The number of fused-ring (bicyclic) bond motifs is 1. The van der Waals surface area contributed by atoms with Crippen LogP contribution in [0.5, 0.6) is 0 Å². The van der Waals surface area contributed by atoms with Crippen LogP contribution in [0.15, 0.2) is 18.3 Å². The average molecular weight is 222 g/mol. The molecule has 1 N–H and O–H groups in total. The van der Waals surface area contributed by atoms with Gasteiger partial charge in [-0.1, -0.05) is 40.7 Å². The molecule has 1 unspecified atom stereocenters. The van der Waals surface area contributed by atoms with Crippen molar-refractivity contribution in [2.24, 2.45) is 0 Å². The lowest BCUT2D eigenvalue weighted by atomic mass is 10.00. The van der Waals surface area contributed by atoms with Crippen LogP contribution in [0.2, 0.25) is 0 Å². The van der Waals surface area contributed by atoms with Gasteiger partial charge in [0.1, 0.15) is 5.82 Å². The van der Waals surface area contributed by atoms with E-state index in [4.69, 9.17) is 0 Å². The summed E-state index contributed by atoms with van der Waals surface area (Å²) >= 11 is 0. The Morgan fingerprint density at radius 3 is 2.62 bits per heavy atom. The molecule has 2 heteroatoms. The predicted octanol–water partition coefficient (Wildman–Crippen LogP) is 4.27. The molecule has 2 heterocycles. The number of aryl methyl sites for hydroxylation is 1. The summed E-state index contributed by atoms with van der Waals surface area (Å²) < 4.78 is 0. The fourth-order valence-corrected chi connectivity index (χ4v) is 1.67. The molecule has 0 aliphatic carbocycles. The number of hydrogen-bond acceptors (Lipinski definition) is 2. The summed E-state index contributed by atoms with van der Waals surface area (Å²) in [5.74, 6) is 1.09. The molecule has 0 saturated heterocycles. The largest absolute Gasteiger partial charge is 0.367 e. The monoisotopic (exact) mass is 222 g/mol. The van der Waals surface area contributed by atoms with Crippen molar-refractivity contribution in [1.29, 1.82) is 0 Å². The van der Waals surface area contributed by atoms with E-state index in [2.05, 4.69) is 23.3 Å². The minimum atomic E-state index is 0.632. The molecule has 2 rings (SSSR count). The Labute approximate surface area is 100 Å². The van der Waals surface area contributed by atoms with Gasteiger partial charge in [-0.3, -0.25) is 0 Å². The third-order valence-electron chi connectivity index (χ3n) is 2.49. The Kier molecular flexibility index (Phi) is 8.59. The highest BCUT2D eigenvalue weighted by atomic mass is 15.0. The fourth-order valence-electron chi connectivity index (χ4n) is 1.67. The van der Waals surface area contributed by atoms with E-state index in [9.17, 15) is 0 Å². The number of nitrogens with one attached hydrogen (secondary N) is 1. The Morgan fingerprint density at radius 1 is 1.31 bits per heavy atom. The van der Waals surface area contributed by atoms with E-state index in [0.717, 1.165) is 5.82 Å². The first-order valence-electron chi connectivity index (χ1n) is 6.60.